The molecule has 2 heterocycles. The highest BCUT2D eigenvalue weighted by Gasteiger charge is 2.29. The zero-order chi connectivity index (χ0) is 18.0. The number of hydrogen-bond acceptors (Lipinski definition) is 5. The molecule has 2 saturated heterocycles. The smallest absolute Gasteiger partial charge is 0.293 e. The van der Waals surface area contributed by atoms with Crippen molar-refractivity contribution in [1.82, 2.24) is 4.90 Å². The fraction of sp³-hybridized carbons (Fsp3) is 0.611. The van der Waals surface area contributed by atoms with Crippen LogP contribution in [0.3, 0.4) is 0 Å². The van der Waals surface area contributed by atoms with Crippen molar-refractivity contribution in [2.45, 2.75) is 45.3 Å². The number of rotatable bonds is 3. The van der Waals surface area contributed by atoms with Crippen LogP contribution in [0, 0.1) is 10.1 Å². The number of morpholine rings is 1. The average molecular weight is 347 g/mol. The topological polar surface area (TPSA) is 75.9 Å². The van der Waals surface area contributed by atoms with Crippen LogP contribution in [0.5, 0.6) is 0 Å². The molecule has 1 amide bonds. The Bertz CT molecular complexity index is 648. The molecule has 2 fully saturated rings. The molecule has 2 atom stereocenters. The van der Waals surface area contributed by atoms with Crippen LogP contribution in [-0.4, -0.2) is 54.1 Å². The summed E-state index contributed by atoms with van der Waals surface area (Å²) < 4.78 is 5.65. The first-order valence-electron chi connectivity index (χ1n) is 8.94. The van der Waals surface area contributed by atoms with E-state index in [0.29, 0.717) is 24.3 Å². The number of benzene rings is 1. The lowest BCUT2D eigenvalue weighted by molar-refractivity contribution is -0.384. The zero-order valence-corrected chi connectivity index (χ0v) is 14.8. The number of anilines is 1. The fourth-order valence-corrected chi connectivity index (χ4v) is 3.73. The van der Waals surface area contributed by atoms with Crippen molar-refractivity contribution in [1.29, 1.82) is 0 Å². The van der Waals surface area contributed by atoms with Crippen LogP contribution in [0.1, 0.15) is 43.5 Å². The standard InChI is InChI=1S/C18H25N3O4/c1-13-11-20(12-14(2)25-13)18(22)15-6-7-16(17(10-15)21(23)24)19-8-4-3-5-9-19/h6-7,10,13-14H,3-5,8-9,11-12H2,1-2H3/t13-,14-/m0/s1. The molecule has 2 aliphatic rings. The average Bonchev–Trinajstić information content (AvgIpc) is 2.60. The van der Waals surface area contributed by atoms with E-state index in [0.717, 1.165) is 32.4 Å². The monoisotopic (exact) mass is 347 g/mol. The number of carbonyl (C=O) groups is 1. The maximum absolute atomic E-state index is 12.8. The van der Waals surface area contributed by atoms with E-state index in [1.807, 2.05) is 13.8 Å². The van der Waals surface area contributed by atoms with Gasteiger partial charge in [-0.15, -0.1) is 0 Å². The molecule has 0 radical (unpaired) electrons. The predicted molar refractivity (Wildman–Crippen MR) is 95.1 cm³/mol. The third-order valence-corrected chi connectivity index (χ3v) is 4.82. The van der Waals surface area contributed by atoms with E-state index >= 15 is 0 Å². The summed E-state index contributed by atoms with van der Waals surface area (Å²) in [5.41, 5.74) is 1.00. The van der Waals surface area contributed by atoms with Crippen molar-refractivity contribution in [3.63, 3.8) is 0 Å². The molecular weight excluding hydrogens is 322 g/mol. The van der Waals surface area contributed by atoms with Gasteiger partial charge in [-0.2, -0.15) is 0 Å². The Morgan fingerprint density at radius 3 is 2.40 bits per heavy atom. The number of nitro groups is 1. The summed E-state index contributed by atoms with van der Waals surface area (Å²) in [6.07, 6.45) is 3.18. The van der Waals surface area contributed by atoms with E-state index in [1.54, 1.807) is 17.0 Å². The van der Waals surface area contributed by atoms with Gasteiger partial charge in [0.25, 0.3) is 11.6 Å². The van der Waals surface area contributed by atoms with Crippen LogP contribution >= 0.6 is 0 Å². The Morgan fingerprint density at radius 2 is 1.80 bits per heavy atom. The first-order valence-corrected chi connectivity index (χ1v) is 8.94. The first kappa shape index (κ1) is 17.7. The largest absolute Gasteiger partial charge is 0.372 e. The van der Waals surface area contributed by atoms with Gasteiger partial charge in [-0.3, -0.25) is 14.9 Å². The van der Waals surface area contributed by atoms with E-state index < -0.39 is 0 Å². The summed E-state index contributed by atoms with van der Waals surface area (Å²) in [4.78, 5) is 27.7. The Kier molecular flexibility index (Phi) is 5.22. The van der Waals surface area contributed by atoms with Crippen LogP contribution in [0.25, 0.3) is 0 Å². The van der Waals surface area contributed by atoms with Gasteiger partial charge in [0, 0.05) is 37.8 Å². The van der Waals surface area contributed by atoms with Gasteiger partial charge in [-0.1, -0.05) is 0 Å². The maximum atomic E-state index is 12.8. The summed E-state index contributed by atoms with van der Waals surface area (Å²) in [6, 6.07) is 4.87. The van der Waals surface area contributed by atoms with Gasteiger partial charge in [0.15, 0.2) is 0 Å². The molecule has 25 heavy (non-hydrogen) atoms. The van der Waals surface area contributed by atoms with Gasteiger partial charge in [0.1, 0.15) is 5.69 Å². The number of nitro benzene ring substituents is 1. The van der Waals surface area contributed by atoms with E-state index in [2.05, 4.69) is 4.90 Å². The van der Waals surface area contributed by atoms with Crippen LogP contribution in [0.4, 0.5) is 11.4 Å². The molecule has 1 aromatic rings. The van der Waals surface area contributed by atoms with Crippen molar-refractivity contribution in [2.24, 2.45) is 0 Å². The second kappa shape index (κ2) is 7.39. The number of nitrogens with zero attached hydrogens (tertiary/aromatic N) is 3. The highest BCUT2D eigenvalue weighted by atomic mass is 16.6. The summed E-state index contributed by atoms with van der Waals surface area (Å²) >= 11 is 0. The van der Waals surface area contributed by atoms with Crippen molar-refractivity contribution >= 4 is 17.3 Å². The van der Waals surface area contributed by atoms with Crippen molar-refractivity contribution in [2.75, 3.05) is 31.1 Å². The minimum Gasteiger partial charge on any atom is -0.372 e. The molecule has 1 aromatic carbocycles. The Labute approximate surface area is 147 Å². The highest BCUT2D eigenvalue weighted by molar-refractivity contribution is 5.96. The van der Waals surface area contributed by atoms with Crippen molar-refractivity contribution in [3.05, 3.63) is 33.9 Å². The summed E-state index contributed by atoms with van der Waals surface area (Å²) in [7, 11) is 0. The van der Waals surface area contributed by atoms with Gasteiger partial charge in [-0.25, -0.2) is 0 Å². The SMILES string of the molecule is C[C@H]1CN(C(=O)c2ccc(N3CCCCC3)c([N+](=O)[O-])c2)C[C@H](C)O1. The minimum atomic E-state index is -0.384. The molecular formula is C18H25N3O4. The molecule has 0 unspecified atom stereocenters. The van der Waals surface area contributed by atoms with Crippen LogP contribution in [-0.2, 0) is 4.74 Å². The number of piperidine rings is 1. The molecule has 136 valence electrons. The quantitative estimate of drug-likeness (QED) is 0.621. The molecule has 0 N–H and O–H groups in total. The van der Waals surface area contributed by atoms with E-state index in [4.69, 9.17) is 4.74 Å². The first-order chi connectivity index (χ1) is 12.0. The van der Waals surface area contributed by atoms with E-state index in [-0.39, 0.29) is 28.7 Å². The molecule has 0 saturated carbocycles. The number of hydrogen-bond donors (Lipinski definition) is 0. The number of amides is 1. The Morgan fingerprint density at radius 1 is 1.16 bits per heavy atom. The predicted octanol–water partition coefficient (Wildman–Crippen LogP) is 2.83. The third-order valence-electron chi connectivity index (χ3n) is 4.82. The van der Waals surface area contributed by atoms with Crippen molar-refractivity contribution < 1.29 is 14.5 Å². The Hall–Kier alpha value is -2.15. The van der Waals surface area contributed by atoms with Gasteiger partial charge < -0.3 is 14.5 Å². The van der Waals surface area contributed by atoms with Crippen molar-refractivity contribution in [3.8, 4) is 0 Å². The molecule has 2 aliphatic heterocycles. The lowest BCUT2D eigenvalue weighted by Crippen LogP contribution is -2.48. The van der Waals surface area contributed by atoms with Gasteiger partial charge >= 0.3 is 0 Å². The lowest BCUT2D eigenvalue weighted by atomic mass is 10.1. The fourth-order valence-electron chi connectivity index (χ4n) is 3.73. The summed E-state index contributed by atoms with van der Waals surface area (Å²) in [6.45, 7) is 6.52. The lowest BCUT2D eigenvalue weighted by Gasteiger charge is -2.35. The van der Waals surface area contributed by atoms with Crippen LogP contribution in [0.15, 0.2) is 18.2 Å². The number of ether oxygens (including phenoxy) is 1. The van der Waals surface area contributed by atoms with Gasteiger partial charge in [0.2, 0.25) is 0 Å². The molecule has 0 spiro atoms. The molecule has 7 heteroatoms. The molecule has 3 rings (SSSR count). The Balaban J connectivity index is 1.85. The molecule has 7 nitrogen and oxygen atoms in total. The summed E-state index contributed by atoms with van der Waals surface area (Å²) in [5, 5.41) is 11.6. The summed E-state index contributed by atoms with van der Waals surface area (Å²) in [5.74, 6) is -0.171. The zero-order valence-electron chi connectivity index (χ0n) is 14.8. The second-order valence-electron chi connectivity index (χ2n) is 6.98. The van der Waals surface area contributed by atoms with E-state index in [9.17, 15) is 14.9 Å². The van der Waals surface area contributed by atoms with Crippen LogP contribution < -0.4 is 4.90 Å². The minimum absolute atomic E-state index is 0.0158. The normalized spacial score (nSPS) is 24.2. The van der Waals surface area contributed by atoms with Gasteiger partial charge in [0.05, 0.1) is 17.1 Å². The second-order valence-corrected chi connectivity index (χ2v) is 6.98. The van der Waals surface area contributed by atoms with Gasteiger partial charge in [-0.05, 0) is 45.2 Å². The third kappa shape index (κ3) is 3.92. The molecule has 0 aliphatic carbocycles. The maximum Gasteiger partial charge on any atom is 0.293 e. The molecule has 0 aromatic heterocycles. The molecule has 0 bridgehead atoms. The highest BCUT2D eigenvalue weighted by Crippen LogP contribution is 2.32. The number of carbonyl (C=O) groups excluding carboxylic acids is 1. The van der Waals surface area contributed by atoms with Crippen LogP contribution in [0.2, 0.25) is 0 Å². The van der Waals surface area contributed by atoms with E-state index in [1.165, 1.54) is 6.07 Å².